The lowest BCUT2D eigenvalue weighted by atomic mass is 9.43. The van der Waals surface area contributed by atoms with Crippen molar-refractivity contribution in [3.05, 3.63) is 0 Å². The molecule has 1 saturated heterocycles. The second-order valence-electron chi connectivity index (χ2n) is 11.2. The van der Waals surface area contributed by atoms with Gasteiger partial charge in [-0.3, -0.25) is 4.79 Å². The number of oxime groups is 1. The van der Waals surface area contributed by atoms with Crippen molar-refractivity contribution in [1.29, 1.82) is 0 Å². The summed E-state index contributed by atoms with van der Waals surface area (Å²) in [6, 6.07) is 0. The Kier molecular flexibility index (Phi) is 4.65. The van der Waals surface area contributed by atoms with E-state index in [1.165, 1.54) is 25.0 Å². The van der Waals surface area contributed by atoms with Crippen LogP contribution in [0.4, 0.5) is 0 Å². The van der Waals surface area contributed by atoms with Gasteiger partial charge in [-0.05, 0) is 86.5 Å². The van der Waals surface area contributed by atoms with Crippen LogP contribution in [0.2, 0.25) is 0 Å². The second-order valence-corrected chi connectivity index (χ2v) is 11.2. The average Bonchev–Trinajstić information content (AvgIpc) is 3.29. The molecule has 0 spiro atoms. The lowest BCUT2D eigenvalue weighted by Crippen LogP contribution is -2.56. The number of nitrogens with zero attached hydrogens (tertiary/aromatic N) is 1. The SMILES string of the molecule is CC1C[C@@H]2[C@@H](CC[C@]3(C)C(=O)CC[C@@H]23)[C@@]2(C)CCC(=NOC3CCNC3)CC12. The van der Waals surface area contributed by atoms with E-state index in [1.54, 1.807) is 0 Å². The van der Waals surface area contributed by atoms with E-state index < -0.39 is 0 Å². The third-order valence-corrected chi connectivity index (χ3v) is 9.92. The molecule has 0 amide bonds. The van der Waals surface area contributed by atoms with Crippen molar-refractivity contribution in [2.75, 3.05) is 13.1 Å². The fourth-order valence-electron chi connectivity index (χ4n) is 8.25. The van der Waals surface area contributed by atoms with E-state index in [4.69, 9.17) is 4.84 Å². The number of carbonyl (C=O) groups excluding carboxylic acids is 1. The van der Waals surface area contributed by atoms with Crippen LogP contribution in [-0.2, 0) is 9.63 Å². The van der Waals surface area contributed by atoms with Crippen molar-refractivity contribution < 1.29 is 9.63 Å². The molecular formula is C24H38N2O2. The molecule has 0 bridgehead atoms. The molecular weight excluding hydrogens is 348 g/mol. The molecule has 4 aliphatic carbocycles. The highest BCUT2D eigenvalue weighted by Gasteiger charge is 2.61. The average molecular weight is 387 g/mol. The Morgan fingerprint density at radius 1 is 1.07 bits per heavy atom. The van der Waals surface area contributed by atoms with Crippen molar-refractivity contribution in [3.8, 4) is 0 Å². The van der Waals surface area contributed by atoms with Crippen LogP contribution in [0.15, 0.2) is 5.16 Å². The lowest BCUT2D eigenvalue weighted by Gasteiger charge is -2.61. The molecule has 3 unspecified atom stereocenters. The highest BCUT2D eigenvalue weighted by molar-refractivity contribution is 5.87. The minimum atomic E-state index is -0.00543. The number of ketones is 1. The minimum absolute atomic E-state index is 0.00543. The van der Waals surface area contributed by atoms with Gasteiger partial charge < -0.3 is 10.2 Å². The summed E-state index contributed by atoms with van der Waals surface area (Å²) in [6.07, 6.45) is 10.5. The van der Waals surface area contributed by atoms with Crippen LogP contribution >= 0.6 is 0 Å². The third-order valence-electron chi connectivity index (χ3n) is 9.92. The van der Waals surface area contributed by atoms with Gasteiger partial charge in [0.2, 0.25) is 0 Å². The van der Waals surface area contributed by atoms with Crippen molar-refractivity contribution >= 4 is 11.5 Å². The van der Waals surface area contributed by atoms with Gasteiger partial charge in [0.05, 0.1) is 5.71 Å². The standard InChI is InChI=1S/C24H38N2O2/c1-15-12-18-19-4-5-22(27)24(19,3)10-7-20(18)23(2)9-6-16(13-21(15)23)26-28-17-8-11-25-14-17/h15,17-21,25H,4-14H2,1-3H3/t15?,17?,18-,19-,20+,21?,23+,24-/m0/s1. The zero-order valence-corrected chi connectivity index (χ0v) is 18.0. The third kappa shape index (κ3) is 2.80. The largest absolute Gasteiger partial charge is 0.391 e. The first-order valence-corrected chi connectivity index (χ1v) is 11.9. The van der Waals surface area contributed by atoms with Crippen LogP contribution in [0.3, 0.4) is 0 Å². The quantitative estimate of drug-likeness (QED) is 0.707. The van der Waals surface area contributed by atoms with Gasteiger partial charge in [0, 0.05) is 24.8 Å². The van der Waals surface area contributed by atoms with E-state index >= 15 is 0 Å². The van der Waals surface area contributed by atoms with Gasteiger partial charge in [-0.25, -0.2) is 0 Å². The molecule has 8 atom stereocenters. The van der Waals surface area contributed by atoms with Gasteiger partial charge >= 0.3 is 0 Å². The van der Waals surface area contributed by atoms with Gasteiger partial charge in [-0.1, -0.05) is 25.9 Å². The fraction of sp³-hybridized carbons (Fsp3) is 0.917. The monoisotopic (exact) mass is 386 g/mol. The van der Waals surface area contributed by atoms with Crippen LogP contribution in [-0.4, -0.2) is 30.7 Å². The van der Waals surface area contributed by atoms with Crippen LogP contribution in [0, 0.1) is 40.4 Å². The summed E-state index contributed by atoms with van der Waals surface area (Å²) in [5.74, 6) is 4.23. The van der Waals surface area contributed by atoms with Crippen LogP contribution < -0.4 is 5.32 Å². The molecule has 1 aliphatic heterocycles. The summed E-state index contributed by atoms with van der Waals surface area (Å²) >= 11 is 0. The van der Waals surface area contributed by atoms with E-state index in [2.05, 4.69) is 31.2 Å². The van der Waals surface area contributed by atoms with Gasteiger partial charge in [0.15, 0.2) is 0 Å². The highest BCUT2D eigenvalue weighted by atomic mass is 16.6. The summed E-state index contributed by atoms with van der Waals surface area (Å²) in [7, 11) is 0. The number of nitrogens with one attached hydrogen (secondary N) is 1. The lowest BCUT2D eigenvalue weighted by molar-refractivity contribution is -0.141. The first-order chi connectivity index (χ1) is 13.4. The zero-order valence-electron chi connectivity index (χ0n) is 18.0. The number of rotatable bonds is 2. The molecule has 4 heteroatoms. The minimum Gasteiger partial charge on any atom is -0.391 e. The smallest absolute Gasteiger partial charge is 0.141 e. The molecule has 5 fully saturated rings. The van der Waals surface area contributed by atoms with Crippen molar-refractivity contribution in [2.24, 2.45) is 45.6 Å². The van der Waals surface area contributed by atoms with Crippen molar-refractivity contribution in [3.63, 3.8) is 0 Å². The molecule has 1 N–H and O–H groups in total. The molecule has 0 aromatic heterocycles. The molecule has 1 heterocycles. The second kappa shape index (κ2) is 6.82. The number of Topliss-reactive ketones (excluding diaryl/α,β-unsaturated/α-hetero) is 1. The number of fused-ring (bicyclic) bond motifs is 5. The molecule has 0 aromatic rings. The molecule has 4 nitrogen and oxygen atoms in total. The fourth-order valence-corrected chi connectivity index (χ4v) is 8.25. The normalized spacial score (nSPS) is 52.2. The Labute approximate surface area is 170 Å². The maximum atomic E-state index is 12.6. The number of hydrogen-bond acceptors (Lipinski definition) is 4. The number of hydrogen-bond donors (Lipinski definition) is 1. The topological polar surface area (TPSA) is 50.7 Å². The summed E-state index contributed by atoms with van der Waals surface area (Å²) < 4.78 is 0. The van der Waals surface area contributed by atoms with Gasteiger partial charge in [-0.2, -0.15) is 0 Å². The first-order valence-electron chi connectivity index (χ1n) is 11.9. The predicted molar refractivity (Wildman–Crippen MR) is 111 cm³/mol. The molecule has 28 heavy (non-hydrogen) atoms. The summed E-state index contributed by atoms with van der Waals surface area (Å²) in [5.41, 5.74) is 1.72. The molecule has 156 valence electrons. The Morgan fingerprint density at radius 2 is 1.93 bits per heavy atom. The molecule has 0 radical (unpaired) electrons. The zero-order chi connectivity index (χ0) is 19.5. The van der Waals surface area contributed by atoms with E-state index in [9.17, 15) is 4.79 Å². The van der Waals surface area contributed by atoms with E-state index in [0.29, 0.717) is 17.1 Å². The highest BCUT2D eigenvalue weighted by Crippen LogP contribution is 2.66. The molecule has 5 aliphatic rings. The summed E-state index contributed by atoms with van der Waals surface area (Å²) in [6.45, 7) is 9.36. The Balaban J connectivity index is 1.34. The van der Waals surface area contributed by atoms with Crippen molar-refractivity contribution in [2.45, 2.75) is 84.7 Å². The molecule has 0 aromatic carbocycles. The number of carbonyl (C=O) groups is 1. The van der Waals surface area contributed by atoms with Gasteiger partial charge in [0.25, 0.3) is 0 Å². The Morgan fingerprint density at radius 3 is 2.71 bits per heavy atom. The Hall–Kier alpha value is -0.900. The van der Waals surface area contributed by atoms with E-state index in [0.717, 1.165) is 75.3 Å². The van der Waals surface area contributed by atoms with E-state index in [1.807, 2.05) is 0 Å². The van der Waals surface area contributed by atoms with Crippen LogP contribution in [0.1, 0.15) is 78.6 Å². The van der Waals surface area contributed by atoms with Gasteiger partial charge in [-0.15, -0.1) is 0 Å². The van der Waals surface area contributed by atoms with Crippen LogP contribution in [0.5, 0.6) is 0 Å². The maximum Gasteiger partial charge on any atom is 0.141 e. The molecule has 4 saturated carbocycles. The summed E-state index contributed by atoms with van der Waals surface area (Å²) in [4.78, 5) is 18.5. The Bertz CT molecular complexity index is 670. The summed E-state index contributed by atoms with van der Waals surface area (Å²) in [5, 5.41) is 7.99. The first kappa shape index (κ1) is 19.1. The van der Waals surface area contributed by atoms with E-state index in [-0.39, 0.29) is 11.5 Å². The van der Waals surface area contributed by atoms with Crippen molar-refractivity contribution in [1.82, 2.24) is 5.32 Å². The van der Waals surface area contributed by atoms with Gasteiger partial charge in [0.1, 0.15) is 11.9 Å². The van der Waals surface area contributed by atoms with Crippen LogP contribution in [0.25, 0.3) is 0 Å². The maximum absolute atomic E-state index is 12.6. The molecule has 5 rings (SSSR count). The predicted octanol–water partition coefficient (Wildman–Crippen LogP) is 4.58.